The fourth-order valence-corrected chi connectivity index (χ4v) is 2.57. The number of nitrogens with one attached hydrogen (secondary N) is 2. The Morgan fingerprint density at radius 1 is 0.917 bits per heavy atom. The molecule has 0 heterocycles. The molecular formula is C19H20N2O3. The van der Waals surface area contributed by atoms with Gasteiger partial charge in [-0.15, -0.1) is 0 Å². The predicted octanol–water partition coefficient (Wildman–Crippen LogP) is 3.30. The molecule has 24 heavy (non-hydrogen) atoms. The fraction of sp³-hybridized carbons (Fsp3) is 0.263. The molecule has 5 heteroatoms. The lowest BCUT2D eigenvalue weighted by molar-refractivity contribution is -0.122. The molecule has 0 saturated heterocycles. The average molecular weight is 324 g/mol. The molecule has 2 amide bonds. The smallest absolute Gasteiger partial charge is 0.228 e. The van der Waals surface area contributed by atoms with Crippen molar-refractivity contribution >= 4 is 23.2 Å². The van der Waals surface area contributed by atoms with E-state index in [9.17, 15) is 9.59 Å². The number of hydrogen-bond donors (Lipinski definition) is 2. The van der Waals surface area contributed by atoms with Gasteiger partial charge in [0.25, 0.3) is 0 Å². The number of carbonyl (C=O) groups excluding carboxylic acids is 2. The highest BCUT2D eigenvalue weighted by Crippen LogP contribution is 2.40. The van der Waals surface area contributed by atoms with Crippen molar-refractivity contribution in [1.82, 2.24) is 0 Å². The Hall–Kier alpha value is -2.82. The van der Waals surface area contributed by atoms with Crippen LogP contribution in [0.2, 0.25) is 0 Å². The second-order valence-corrected chi connectivity index (χ2v) is 5.75. The lowest BCUT2D eigenvalue weighted by Crippen LogP contribution is -2.20. The Morgan fingerprint density at radius 2 is 1.46 bits per heavy atom. The number of ether oxygens (including phenoxy) is 1. The molecule has 1 fully saturated rings. The highest BCUT2D eigenvalue weighted by molar-refractivity contribution is 6.03. The van der Waals surface area contributed by atoms with E-state index >= 15 is 0 Å². The maximum Gasteiger partial charge on any atom is 0.228 e. The Bertz CT molecular complexity index is 713. The molecule has 0 bridgehead atoms. The minimum absolute atomic E-state index is 0.104. The SMILES string of the molecule is CCOc1ccc(NC(=O)C2CC2C(=O)Nc2ccccc2)cc1. The van der Waals surface area contributed by atoms with Crippen LogP contribution in [-0.2, 0) is 9.59 Å². The van der Waals surface area contributed by atoms with Crippen molar-refractivity contribution in [2.45, 2.75) is 13.3 Å². The van der Waals surface area contributed by atoms with E-state index in [1.807, 2.05) is 49.4 Å². The summed E-state index contributed by atoms with van der Waals surface area (Å²) in [5.74, 6) is 0.0237. The van der Waals surface area contributed by atoms with Crippen LogP contribution in [0.15, 0.2) is 54.6 Å². The molecule has 0 aliphatic heterocycles. The number of benzene rings is 2. The molecule has 1 aliphatic carbocycles. The maximum atomic E-state index is 12.2. The van der Waals surface area contributed by atoms with Crippen LogP contribution in [0.4, 0.5) is 11.4 Å². The van der Waals surface area contributed by atoms with Crippen molar-refractivity contribution in [2.24, 2.45) is 11.8 Å². The van der Waals surface area contributed by atoms with E-state index < -0.39 is 0 Å². The first-order valence-electron chi connectivity index (χ1n) is 8.07. The van der Waals surface area contributed by atoms with Crippen molar-refractivity contribution in [3.8, 4) is 5.75 Å². The standard InChI is InChI=1S/C19H20N2O3/c1-2-24-15-10-8-14(9-11-15)21-19(23)17-12-16(17)18(22)20-13-6-4-3-5-7-13/h3-11,16-17H,2,12H2,1H3,(H,20,22)(H,21,23). The molecule has 2 aromatic rings. The van der Waals surface area contributed by atoms with E-state index in [2.05, 4.69) is 10.6 Å². The first kappa shape index (κ1) is 16.1. The predicted molar refractivity (Wildman–Crippen MR) is 92.9 cm³/mol. The zero-order valence-electron chi connectivity index (χ0n) is 13.5. The summed E-state index contributed by atoms with van der Waals surface area (Å²) < 4.78 is 5.37. The van der Waals surface area contributed by atoms with Gasteiger partial charge in [0.2, 0.25) is 11.8 Å². The quantitative estimate of drug-likeness (QED) is 0.857. The lowest BCUT2D eigenvalue weighted by Gasteiger charge is -2.07. The number of amides is 2. The Morgan fingerprint density at radius 3 is 2.00 bits per heavy atom. The number of para-hydroxylation sites is 1. The molecule has 2 unspecified atom stereocenters. The highest BCUT2D eigenvalue weighted by Gasteiger charge is 2.48. The van der Waals surface area contributed by atoms with Gasteiger partial charge >= 0.3 is 0 Å². The van der Waals surface area contributed by atoms with Crippen molar-refractivity contribution < 1.29 is 14.3 Å². The lowest BCUT2D eigenvalue weighted by atomic mass is 10.2. The summed E-state index contributed by atoms with van der Waals surface area (Å²) in [6.45, 7) is 2.52. The average Bonchev–Trinajstić information content (AvgIpc) is 3.39. The van der Waals surface area contributed by atoms with E-state index in [0.29, 0.717) is 18.7 Å². The Kier molecular flexibility index (Phi) is 4.79. The second kappa shape index (κ2) is 7.17. The third-order valence-corrected chi connectivity index (χ3v) is 3.94. The number of anilines is 2. The van der Waals surface area contributed by atoms with E-state index in [0.717, 1.165) is 11.4 Å². The molecule has 0 aromatic heterocycles. The summed E-state index contributed by atoms with van der Waals surface area (Å²) in [5.41, 5.74) is 1.46. The van der Waals surface area contributed by atoms with Crippen LogP contribution in [0.25, 0.3) is 0 Å². The van der Waals surface area contributed by atoms with Crippen molar-refractivity contribution in [1.29, 1.82) is 0 Å². The largest absolute Gasteiger partial charge is 0.494 e. The molecule has 5 nitrogen and oxygen atoms in total. The van der Waals surface area contributed by atoms with Crippen LogP contribution in [0.5, 0.6) is 5.75 Å². The summed E-state index contributed by atoms with van der Waals surface area (Å²) >= 11 is 0. The molecule has 0 spiro atoms. The summed E-state index contributed by atoms with van der Waals surface area (Å²) in [4.78, 5) is 24.4. The first-order valence-corrected chi connectivity index (χ1v) is 8.07. The van der Waals surface area contributed by atoms with Crippen LogP contribution in [0, 0.1) is 11.8 Å². The van der Waals surface area contributed by atoms with E-state index in [1.54, 1.807) is 12.1 Å². The van der Waals surface area contributed by atoms with Gasteiger partial charge < -0.3 is 15.4 Å². The zero-order valence-corrected chi connectivity index (χ0v) is 13.5. The third-order valence-electron chi connectivity index (χ3n) is 3.94. The van der Waals surface area contributed by atoms with E-state index in [4.69, 9.17) is 4.74 Å². The number of hydrogen-bond acceptors (Lipinski definition) is 3. The minimum Gasteiger partial charge on any atom is -0.494 e. The number of carbonyl (C=O) groups is 2. The molecule has 1 saturated carbocycles. The maximum absolute atomic E-state index is 12.2. The van der Waals surface area contributed by atoms with E-state index in [-0.39, 0.29) is 23.7 Å². The van der Waals surface area contributed by atoms with Gasteiger partial charge in [-0.25, -0.2) is 0 Å². The van der Waals surface area contributed by atoms with Gasteiger partial charge in [-0.2, -0.15) is 0 Å². The third kappa shape index (κ3) is 3.93. The van der Waals surface area contributed by atoms with Crippen molar-refractivity contribution in [3.05, 3.63) is 54.6 Å². The molecular weight excluding hydrogens is 304 g/mol. The van der Waals surface area contributed by atoms with Gasteiger partial charge in [0.15, 0.2) is 0 Å². The van der Waals surface area contributed by atoms with Gasteiger partial charge in [0, 0.05) is 11.4 Å². The van der Waals surface area contributed by atoms with Gasteiger partial charge in [-0.1, -0.05) is 18.2 Å². The zero-order chi connectivity index (χ0) is 16.9. The summed E-state index contributed by atoms with van der Waals surface area (Å²) in [6.07, 6.45) is 0.585. The van der Waals surface area contributed by atoms with Crippen molar-refractivity contribution in [2.75, 3.05) is 17.2 Å². The van der Waals surface area contributed by atoms with Gasteiger partial charge in [0.1, 0.15) is 5.75 Å². The minimum atomic E-state index is -0.264. The van der Waals surface area contributed by atoms with Gasteiger partial charge in [-0.05, 0) is 49.7 Å². The van der Waals surface area contributed by atoms with Crippen molar-refractivity contribution in [3.63, 3.8) is 0 Å². The Labute approximate surface area is 141 Å². The molecule has 3 rings (SSSR count). The molecule has 2 atom stereocenters. The molecule has 2 N–H and O–H groups in total. The van der Waals surface area contributed by atoms with Crippen LogP contribution in [-0.4, -0.2) is 18.4 Å². The van der Waals surface area contributed by atoms with Crippen LogP contribution < -0.4 is 15.4 Å². The summed E-state index contributed by atoms with van der Waals surface area (Å²) in [5, 5.41) is 5.69. The molecule has 0 radical (unpaired) electrons. The highest BCUT2D eigenvalue weighted by atomic mass is 16.5. The molecule has 124 valence electrons. The summed E-state index contributed by atoms with van der Waals surface area (Å²) in [6, 6.07) is 16.5. The monoisotopic (exact) mass is 324 g/mol. The first-order chi connectivity index (χ1) is 11.7. The summed E-state index contributed by atoms with van der Waals surface area (Å²) in [7, 11) is 0. The normalized spacial score (nSPS) is 18.5. The molecule has 1 aliphatic rings. The van der Waals surface area contributed by atoms with Crippen LogP contribution in [0.1, 0.15) is 13.3 Å². The van der Waals surface area contributed by atoms with Crippen LogP contribution >= 0.6 is 0 Å². The Balaban J connectivity index is 1.51. The van der Waals surface area contributed by atoms with Crippen LogP contribution in [0.3, 0.4) is 0 Å². The topological polar surface area (TPSA) is 67.4 Å². The van der Waals surface area contributed by atoms with E-state index in [1.165, 1.54) is 0 Å². The van der Waals surface area contributed by atoms with Gasteiger partial charge in [-0.3, -0.25) is 9.59 Å². The molecule has 2 aromatic carbocycles. The van der Waals surface area contributed by atoms with Gasteiger partial charge in [0.05, 0.1) is 18.4 Å². The fourth-order valence-electron chi connectivity index (χ4n) is 2.57. The number of rotatable bonds is 6. The second-order valence-electron chi connectivity index (χ2n) is 5.75.